The molecule has 0 aromatic heterocycles. The summed E-state index contributed by atoms with van der Waals surface area (Å²) in [4.78, 5) is 37.5. The highest BCUT2D eigenvalue weighted by molar-refractivity contribution is 5.89. The highest BCUT2D eigenvalue weighted by atomic mass is 16.4. The first-order valence-corrected chi connectivity index (χ1v) is 10.9. The summed E-state index contributed by atoms with van der Waals surface area (Å²) >= 11 is 0. The molecular weight excluding hydrogens is 408 g/mol. The Labute approximate surface area is 188 Å². The smallest absolute Gasteiger partial charge is 0.319 e. The molecule has 8 heteroatoms. The van der Waals surface area contributed by atoms with Crippen molar-refractivity contribution >= 4 is 23.7 Å². The van der Waals surface area contributed by atoms with Crippen molar-refractivity contribution in [2.45, 2.75) is 38.1 Å². The highest BCUT2D eigenvalue weighted by Crippen LogP contribution is 2.31. The molecule has 32 heavy (non-hydrogen) atoms. The molecule has 1 aliphatic rings. The van der Waals surface area contributed by atoms with E-state index in [1.165, 1.54) is 0 Å². The Morgan fingerprint density at radius 1 is 0.938 bits per heavy atom. The number of carbonyl (C=O) groups is 3. The number of carbonyl (C=O) groups excluding carboxylic acids is 2. The van der Waals surface area contributed by atoms with Gasteiger partial charge in [0.15, 0.2) is 0 Å². The number of para-hydroxylation sites is 1. The zero-order chi connectivity index (χ0) is 22.8. The molecule has 0 saturated carbocycles. The third-order valence-corrected chi connectivity index (χ3v) is 5.51. The molecule has 4 amide bonds. The quantitative estimate of drug-likeness (QED) is 0.470. The van der Waals surface area contributed by atoms with Gasteiger partial charge < -0.3 is 26.0 Å². The molecule has 0 fully saturated rings. The van der Waals surface area contributed by atoms with E-state index in [-0.39, 0.29) is 24.4 Å². The van der Waals surface area contributed by atoms with E-state index in [1.54, 1.807) is 4.90 Å². The van der Waals surface area contributed by atoms with Crippen LogP contribution in [-0.2, 0) is 11.3 Å². The van der Waals surface area contributed by atoms with Gasteiger partial charge in [-0.3, -0.25) is 4.79 Å². The number of nitrogens with one attached hydrogen (secondary N) is 3. The van der Waals surface area contributed by atoms with Crippen LogP contribution in [0.25, 0.3) is 0 Å². The number of hydrogen-bond acceptors (Lipinski definition) is 3. The first kappa shape index (κ1) is 23.1. The van der Waals surface area contributed by atoms with E-state index in [0.717, 1.165) is 29.7 Å². The Bertz CT molecular complexity index is 919. The van der Waals surface area contributed by atoms with Crippen molar-refractivity contribution in [2.75, 3.05) is 25.0 Å². The van der Waals surface area contributed by atoms with E-state index in [1.807, 2.05) is 54.6 Å². The van der Waals surface area contributed by atoms with E-state index in [4.69, 9.17) is 0 Å². The molecule has 4 N–H and O–H groups in total. The molecular formula is C24H30N4O4. The number of fused-ring (bicyclic) bond motifs is 1. The third kappa shape index (κ3) is 7.01. The van der Waals surface area contributed by atoms with E-state index in [9.17, 15) is 19.5 Å². The number of amides is 4. The van der Waals surface area contributed by atoms with E-state index < -0.39 is 5.97 Å². The van der Waals surface area contributed by atoms with Crippen molar-refractivity contribution in [3.63, 3.8) is 0 Å². The van der Waals surface area contributed by atoms with Crippen molar-refractivity contribution < 1.29 is 19.5 Å². The van der Waals surface area contributed by atoms with E-state index in [0.29, 0.717) is 32.6 Å². The summed E-state index contributed by atoms with van der Waals surface area (Å²) < 4.78 is 0. The van der Waals surface area contributed by atoms with Gasteiger partial charge in [-0.2, -0.15) is 0 Å². The molecule has 0 aliphatic carbocycles. The lowest BCUT2D eigenvalue weighted by atomic mass is 9.90. The molecule has 170 valence electrons. The molecule has 3 rings (SSSR count). The van der Waals surface area contributed by atoms with Gasteiger partial charge in [0, 0.05) is 31.9 Å². The minimum atomic E-state index is -0.825. The Morgan fingerprint density at radius 3 is 2.38 bits per heavy atom. The van der Waals surface area contributed by atoms with E-state index >= 15 is 0 Å². The summed E-state index contributed by atoms with van der Waals surface area (Å²) in [5, 5.41) is 17.7. The van der Waals surface area contributed by atoms with Gasteiger partial charge in [0.1, 0.15) is 0 Å². The summed E-state index contributed by atoms with van der Waals surface area (Å²) in [6.45, 7) is 2.01. The monoisotopic (exact) mass is 438 g/mol. The van der Waals surface area contributed by atoms with Crippen LogP contribution in [0.15, 0.2) is 54.6 Å². The largest absolute Gasteiger partial charge is 0.481 e. The van der Waals surface area contributed by atoms with Crippen molar-refractivity contribution in [1.82, 2.24) is 15.5 Å². The van der Waals surface area contributed by atoms with Crippen molar-refractivity contribution in [2.24, 2.45) is 0 Å². The van der Waals surface area contributed by atoms with Gasteiger partial charge in [0.2, 0.25) is 0 Å². The van der Waals surface area contributed by atoms with Gasteiger partial charge in [0.25, 0.3) is 0 Å². The Hall–Kier alpha value is -3.55. The fourth-order valence-electron chi connectivity index (χ4n) is 3.88. The van der Waals surface area contributed by atoms with Gasteiger partial charge >= 0.3 is 18.0 Å². The van der Waals surface area contributed by atoms with Gasteiger partial charge in [-0.05, 0) is 48.4 Å². The average molecular weight is 439 g/mol. The lowest BCUT2D eigenvalue weighted by Crippen LogP contribution is -2.40. The predicted octanol–water partition coefficient (Wildman–Crippen LogP) is 3.76. The van der Waals surface area contributed by atoms with Crippen LogP contribution in [0.3, 0.4) is 0 Å². The molecule has 8 nitrogen and oxygen atoms in total. The van der Waals surface area contributed by atoms with Crippen LogP contribution in [0.2, 0.25) is 0 Å². The molecule has 1 unspecified atom stereocenters. The maximum absolute atomic E-state index is 12.7. The van der Waals surface area contributed by atoms with Crippen LogP contribution in [0.4, 0.5) is 15.3 Å². The van der Waals surface area contributed by atoms with Crippen LogP contribution in [0, 0.1) is 0 Å². The molecule has 2 aromatic rings. The normalized spacial score (nSPS) is 15.2. The fourth-order valence-corrected chi connectivity index (χ4v) is 3.88. The third-order valence-electron chi connectivity index (χ3n) is 5.51. The molecule has 1 aliphatic heterocycles. The maximum atomic E-state index is 12.7. The maximum Gasteiger partial charge on any atom is 0.319 e. The molecule has 0 saturated heterocycles. The Kier molecular flexibility index (Phi) is 8.48. The second-order valence-corrected chi connectivity index (χ2v) is 7.89. The van der Waals surface area contributed by atoms with Gasteiger partial charge in [-0.15, -0.1) is 0 Å². The van der Waals surface area contributed by atoms with Crippen LogP contribution >= 0.6 is 0 Å². The number of rotatable bonds is 8. The molecule has 1 heterocycles. The molecule has 0 spiro atoms. The standard InChI is InChI=1S/C24H30N4O4/c29-22(30)16-18-12-15-28(17-19-8-4-5-11-21(18)19)24(32)26-14-7-6-13-25-23(31)27-20-9-2-1-3-10-20/h1-5,8-11,18H,6-7,12-17H2,(H,26,32)(H,29,30)(H2,25,27,31). The number of carboxylic acid groups (broad SMARTS) is 1. The van der Waals surface area contributed by atoms with Gasteiger partial charge in [-0.1, -0.05) is 42.5 Å². The average Bonchev–Trinajstić information content (AvgIpc) is 2.96. The summed E-state index contributed by atoms with van der Waals surface area (Å²) in [7, 11) is 0. The van der Waals surface area contributed by atoms with Crippen LogP contribution in [0.1, 0.15) is 42.7 Å². The summed E-state index contributed by atoms with van der Waals surface area (Å²) in [6, 6.07) is 16.6. The first-order chi connectivity index (χ1) is 15.5. The first-order valence-electron chi connectivity index (χ1n) is 10.9. The SMILES string of the molecule is O=C(O)CC1CCN(C(=O)NCCCCNC(=O)Nc2ccccc2)Cc2ccccc21. The Morgan fingerprint density at radius 2 is 1.62 bits per heavy atom. The van der Waals surface area contributed by atoms with Crippen LogP contribution < -0.4 is 16.0 Å². The number of anilines is 1. The summed E-state index contributed by atoms with van der Waals surface area (Å²) in [5.41, 5.74) is 2.76. The van der Waals surface area contributed by atoms with Crippen LogP contribution in [-0.4, -0.2) is 47.7 Å². The zero-order valence-electron chi connectivity index (χ0n) is 18.0. The minimum Gasteiger partial charge on any atom is -0.481 e. The topological polar surface area (TPSA) is 111 Å². The number of carboxylic acids is 1. The molecule has 1 atom stereocenters. The number of unbranched alkanes of at least 4 members (excludes halogenated alkanes) is 1. The second kappa shape index (κ2) is 11.7. The molecule has 2 aromatic carbocycles. The number of urea groups is 2. The van der Waals surface area contributed by atoms with Crippen molar-refractivity contribution in [1.29, 1.82) is 0 Å². The van der Waals surface area contributed by atoms with Gasteiger partial charge in [0.05, 0.1) is 6.42 Å². The summed E-state index contributed by atoms with van der Waals surface area (Å²) in [6.07, 6.45) is 2.17. The Balaban J connectivity index is 1.38. The highest BCUT2D eigenvalue weighted by Gasteiger charge is 2.26. The lowest BCUT2D eigenvalue weighted by molar-refractivity contribution is -0.137. The number of aliphatic carboxylic acids is 1. The van der Waals surface area contributed by atoms with E-state index in [2.05, 4.69) is 16.0 Å². The number of benzene rings is 2. The lowest BCUT2D eigenvalue weighted by Gasteiger charge is -2.21. The van der Waals surface area contributed by atoms with Crippen molar-refractivity contribution in [3.05, 3.63) is 65.7 Å². The zero-order valence-corrected chi connectivity index (χ0v) is 18.0. The number of hydrogen-bond donors (Lipinski definition) is 4. The minimum absolute atomic E-state index is 0.0668. The molecule has 0 radical (unpaired) electrons. The number of nitrogens with zero attached hydrogens (tertiary/aromatic N) is 1. The second-order valence-electron chi connectivity index (χ2n) is 7.89. The fraction of sp³-hybridized carbons (Fsp3) is 0.375. The summed E-state index contributed by atoms with van der Waals surface area (Å²) in [5.74, 6) is -0.914. The van der Waals surface area contributed by atoms with Crippen LogP contribution in [0.5, 0.6) is 0 Å². The molecule has 0 bridgehead atoms. The predicted molar refractivity (Wildman–Crippen MR) is 123 cm³/mol. The van der Waals surface area contributed by atoms with Gasteiger partial charge in [-0.25, -0.2) is 9.59 Å². The van der Waals surface area contributed by atoms with Crippen molar-refractivity contribution in [3.8, 4) is 0 Å².